The quantitative estimate of drug-likeness (QED) is 0.940. The van der Waals surface area contributed by atoms with Crippen LogP contribution in [0.25, 0.3) is 0 Å². The molecule has 1 aliphatic rings. The standard InChI is InChI=1S/C17H19NO2S/c1-11-6-4-7-14(12(11)2)20-17(15-8-5-9-21-15)10-13(17)16(19)18-3/h4-9,13H,10H2,1-3H3,(H,18,19)/t13-,17-/m1/s1. The highest BCUT2D eigenvalue weighted by Gasteiger charge is 2.63. The van der Waals surface area contributed by atoms with Crippen molar-refractivity contribution in [1.29, 1.82) is 0 Å². The molecule has 0 bridgehead atoms. The third-order valence-corrected chi connectivity index (χ3v) is 5.29. The van der Waals surface area contributed by atoms with Gasteiger partial charge in [-0.2, -0.15) is 0 Å². The van der Waals surface area contributed by atoms with Gasteiger partial charge in [0.1, 0.15) is 5.75 Å². The molecule has 0 aliphatic heterocycles. The van der Waals surface area contributed by atoms with E-state index in [2.05, 4.69) is 31.3 Å². The third-order valence-electron chi connectivity index (χ3n) is 4.26. The maximum absolute atomic E-state index is 12.0. The van der Waals surface area contributed by atoms with E-state index >= 15 is 0 Å². The number of carbonyl (C=O) groups is 1. The van der Waals surface area contributed by atoms with Crippen molar-refractivity contribution in [3.63, 3.8) is 0 Å². The minimum absolute atomic E-state index is 0.0497. The summed E-state index contributed by atoms with van der Waals surface area (Å²) in [6.07, 6.45) is 0.737. The molecule has 21 heavy (non-hydrogen) atoms. The average Bonchev–Trinajstić information content (AvgIpc) is 2.95. The number of hydrogen-bond donors (Lipinski definition) is 1. The van der Waals surface area contributed by atoms with Crippen LogP contribution < -0.4 is 10.1 Å². The Morgan fingerprint density at radius 2 is 2.14 bits per heavy atom. The van der Waals surface area contributed by atoms with E-state index in [1.165, 1.54) is 5.56 Å². The number of carbonyl (C=O) groups excluding carboxylic acids is 1. The third kappa shape index (κ3) is 2.33. The lowest BCUT2D eigenvalue weighted by Crippen LogP contribution is -2.28. The molecule has 2 aromatic rings. The first-order valence-electron chi connectivity index (χ1n) is 7.09. The first-order valence-corrected chi connectivity index (χ1v) is 7.97. The van der Waals surface area contributed by atoms with Crippen molar-refractivity contribution in [3.05, 3.63) is 51.7 Å². The van der Waals surface area contributed by atoms with Gasteiger partial charge < -0.3 is 10.1 Å². The SMILES string of the molecule is CNC(=O)[C@H]1C[C@]1(Oc1cccc(C)c1C)c1cccs1. The van der Waals surface area contributed by atoms with E-state index < -0.39 is 5.60 Å². The number of thiophene rings is 1. The number of aryl methyl sites for hydroxylation is 1. The molecule has 1 saturated carbocycles. The zero-order valence-corrected chi connectivity index (χ0v) is 13.3. The number of hydrogen-bond acceptors (Lipinski definition) is 3. The zero-order valence-electron chi connectivity index (χ0n) is 12.5. The molecular weight excluding hydrogens is 282 g/mol. The van der Waals surface area contributed by atoms with Crippen molar-refractivity contribution in [2.24, 2.45) is 5.92 Å². The van der Waals surface area contributed by atoms with Gasteiger partial charge in [-0.3, -0.25) is 4.79 Å². The van der Waals surface area contributed by atoms with E-state index in [-0.39, 0.29) is 11.8 Å². The Labute approximate surface area is 129 Å². The molecule has 1 amide bonds. The van der Waals surface area contributed by atoms with Crippen LogP contribution in [0.15, 0.2) is 35.7 Å². The lowest BCUT2D eigenvalue weighted by Gasteiger charge is -2.20. The highest BCUT2D eigenvalue weighted by molar-refractivity contribution is 7.10. The summed E-state index contributed by atoms with van der Waals surface area (Å²) in [5.74, 6) is 0.810. The monoisotopic (exact) mass is 301 g/mol. The Morgan fingerprint density at radius 3 is 2.81 bits per heavy atom. The van der Waals surface area contributed by atoms with Crippen LogP contribution in [0.2, 0.25) is 0 Å². The molecule has 2 atom stereocenters. The fourth-order valence-electron chi connectivity index (χ4n) is 2.71. The predicted molar refractivity (Wildman–Crippen MR) is 84.7 cm³/mol. The largest absolute Gasteiger partial charge is 0.481 e. The molecule has 1 heterocycles. The summed E-state index contributed by atoms with van der Waals surface area (Å²) < 4.78 is 6.35. The van der Waals surface area contributed by atoms with Gasteiger partial charge in [-0.05, 0) is 42.5 Å². The molecule has 110 valence electrons. The van der Waals surface area contributed by atoms with Crippen molar-refractivity contribution < 1.29 is 9.53 Å². The van der Waals surface area contributed by atoms with Crippen LogP contribution in [0.1, 0.15) is 22.4 Å². The zero-order chi connectivity index (χ0) is 15.0. The van der Waals surface area contributed by atoms with Gasteiger partial charge in [-0.25, -0.2) is 0 Å². The molecule has 3 rings (SSSR count). The molecule has 1 N–H and O–H groups in total. The molecule has 4 heteroatoms. The minimum Gasteiger partial charge on any atom is -0.481 e. The van der Waals surface area contributed by atoms with Gasteiger partial charge in [0.25, 0.3) is 0 Å². The van der Waals surface area contributed by atoms with Gasteiger partial charge in [-0.15, -0.1) is 11.3 Å². The first kappa shape index (κ1) is 14.1. The smallest absolute Gasteiger partial charge is 0.227 e. The molecule has 0 unspecified atom stereocenters. The van der Waals surface area contributed by atoms with E-state index in [0.29, 0.717) is 0 Å². The van der Waals surface area contributed by atoms with Crippen LogP contribution in [-0.4, -0.2) is 13.0 Å². The molecule has 1 aliphatic carbocycles. The molecule has 0 saturated heterocycles. The molecule has 3 nitrogen and oxygen atoms in total. The molecule has 1 aromatic heterocycles. The lowest BCUT2D eigenvalue weighted by atomic mass is 10.1. The second kappa shape index (κ2) is 5.19. The van der Waals surface area contributed by atoms with E-state index in [1.54, 1.807) is 18.4 Å². The Hall–Kier alpha value is -1.81. The molecular formula is C17H19NO2S. The molecule has 1 fully saturated rings. The van der Waals surface area contributed by atoms with E-state index in [0.717, 1.165) is 22.6 Å². The van der Waals surface area contributed by atoms with Crippen LogP contribution in [-0.2, 0) is 10.4 Å². The van der Waals surface area contributed by atoms with E-state index in [4.69, 9.17) is 4.74 Å². The summed E-state index contributed by atoms with van der Waals surface area (Å²) in [6.45, 7) is 4.13. The molecule has 1 aromatic carbocycles. The maximum atomic E-state index is 12.0. The van der Waals surface area contributed by atoms with Gasteiger partial charge >= 0.3 is 0 Å². The number of benzene rings is 1. The Balaban J connectivity index is 1.96. The topological polar surface area (TPSA) is 38.3 Å². The summed E-state index contributed by atoms with van der Waals surface area (Å²) in [5.41, 5.74) is 1.84. The first-order chi connectivity index (χ1) is 10.1. The number of rotatable bonds is 4. The maximum Gasteiger partial charge on any atom is 0.227 e. The van der Waals surface area contributed by atoms with Crippen LogP contribution in [0.3, 0.4) is 0 Å². The summed E-state index contributed by atoms with van der Waals surface area (Å²) in [6, 6.07) is 10.1. The highest BCUT2D eigenvalue weighted by atomic mass is 32.1. The van der Waals surface area contributed by atoms with Crippen LogP contribution in [0.5, 0.6) is 5.75 Å². The minimum atomic E-state index is -0.493. The van der Waals surface area contributed by atoms with Crippen LogP contribution in [0.4, 0.5) is 0 Å². The van der Waals surface area contributed by atoms with Crippen molar-refractivity contribution >= 4 is 17.2 Å². The van der Waals surface area contributed by atoms with Gasteiger partial charge in [0.2, 0.25) is 5.91 Å². The molecule has 0 spiro atoms. The van der Waals surface area contributed by atoms with E-state index in [1.807, 2.05) is 23.6 Å². The average molecular weight is 301 g/mol. The Morgan fingerprint density at radius 1 is 1.33 bits per heavy atom. The highest BCUT2D eigenvalue weighted by Crippen LogP contribution is 2.56. The Bertz CT molecular complexity index is 665. The Kier molecular flexibility index (Phi) is 3.49. The van der Waals surface area contributed by atoms with Gasteiger partial charge in [0.05, 0.1) is 5.92 Å². The summed E-state index contributed by atoms with van der Waals surface area (Å²) in [5, 5.41) is 4.77. The second-order valence-electron chi connectivity index (χ2n) is 5.54. The van der Waals surface area contributed by atoms with Gasteiger partial charge in [0.15, 0.2) is 5.60 Å². The second-order valence-corrected chi connectivity index (χ2v) is 6.49. The fourth-order valence-corrected chi connectivity index (χ4v) is 3.64. The van der Waals surface area contributed by atoms with Crippen molar-refractivity contribution in [1.82, 2.24) is 5.32 Å². The van der Waals surface area contributed by atoms with Gasteiger partial charge in [-0.1, -0.05) is 18.2 Å². The number of nitrogens with one attached hydrogen (secondary N) is 1. The predicted octanol–water partition coefficient (Wildman–Crippen LogP) is 3.41. The fraction of sp³-hybridized carbons (Fsp3) is 0.353. The molecule has 0 radical (unpaired) electrons. The van der Waals surface area contributed by atoms with Crippen molar-refractivity contribution in [3.8, 4) is 5.75 Å². The van der Waals surface area contributed by atoms with Crippen LogP contribution in [0, 0.1) is 19.8 Å². The normalized spacial score (nSPS) is 23.7. The summed E-state index contributed by atoms with van der Waals surface area (Å²) in [4.78, 5) is 13.2. The number of amides is 1. The summed E-state index contributed by atoms with van der Waals surface area (Å²) in [7, 11) is 1.68. The van der Waals surface area contributed by atoms with Crippen molar-refractivity contribution in [2.45, 2.75) is 25.9 Å². The lowest BCUT2D eigenvalue weighted by molar-refractivity contribution is -0.123. The van der Waals surface area contributed by atoms with Gasteiger partial charge in [0, 0.05) is 18.3 Å². The van der Waals surface area contributed by atoms with E-state index in [9.17, 15) is 4.79 Å². The summed E-state index contributed by atoms with van der Waals surface area (Å²) >= 11 is 1.65. The number of ether oxygens (including phenoxy) is 1. The van der Waals surface area contributed by atoms with Crippen LogP contribution >= 0.6 is 11.3 Å². The van der Waals surface area contributed by atoms with Crippen molar-refractivity contribution in [2.75, 3.05) is 7.05 Å².